The first kappa shape index (κ1) is 18.2. The molecule has 7 heteroatoms. The summed E-state index contributed by atoms with van der Waals surface area (Å²) in [6.07, 6.45) is 4.51. The van der Waals surface area contributed by atoms with Crippen molar-refractivity contribution in [2.24, 2.45) is 4.99 Å². The minimum atomic E-state index is -0.0261. The van der Waals surface area contributed by atoms with Crippen LogP contribution < -0.4 is 5.32 Å². The Hall–Kier alpha value is -1.89. The number of likely N-dealkylation sites (N-methyl/N-ethyl adjacent to an activating group) is 2. The topological polar surface area (TPSA) is 60.8 Å². The molecular weight excluding hydrogens is 298 g/mol. The Morgan fingerprint density at radius 1 is 1.50 bits per heavy atom. The highest BCUT2D eigenvalue weighted by Gasteiger charge is 2.09. The number of aryl methyl sites for hydroxylation is 1. The highest BCUT2D eigenvalue weighted by molar-refractivity contribution is 7.11. The number of rotatable bonds is 7. The molecule has 22 heavy (non-hydrogen) atoms. The average Bonchev–Trinajstić information content (AvgIpc) is 2.90. The molecule has 0 atom stereocenters. The number of guanidine groups is 1. The van der Waals surface area contributed by atoms with Gasteiger partial charge in [-0.15, -0.1) is 17.9 Å². The van der Waals surface area contributed by atoms with Gasteiger partial charge >= 0.3 is 0 Å². The number of nitrogens with one attached hydrogen (secondary N) is 1. The van der Waals surface area contributed by atoms with Crippen molar-refractivity contribution in [3.63, 3.8) is 0 Å². The van der Waals surface area contributed by atoms with Crippen molar-refractivity contribution in [3.8, 4) is 0 Å². The number of thiazole rings is 1. The summed E-state index contributed by atoms with van der Waals surface area (Å²) in [7, 11) is 5.40. The third-order valence-electron chi connectivity index (χ3n) is 2.96. The normalized spacial score (nSPS) is 11.2. The molecule has 1 amide bonds. The molecule has 1 aromatic rings. The van der Waals surface area contributed by atoms with Crippen LogP contribution >= 0.6 is 11.3 Å². The maximum Gasteiger partial charge on any atom is 0.243 e. The van der Waals surface area contributed by atoms with Crippen molar-refractivity contribution in [1.82, 2.24) is 20.1 Å². The van der Waals surface area contributed by atoms with Crippen LogP contribution in [0.3, 0.4) is 0 Å². The van der Waals surface area contributed by atoms with Gasteiger partial charge in [-0.3, -0.25) is 4.79 Å². The van der Waals surface area contributed by atoms with Crippen molar-refractivity contribution in [1.29, 1.82) is 0 Å². The minimum Gasteiger partial charge on any atom is -0.353 e. The summed E-state index contributed by atoms with van der Waals surface area (Å²) < 4.78 is 0. The predicted octanol–water partition coefficient (Wildman–Crippen LogP) is 1.15. The second-order valence-electron chi connectivity index (χ2n) is 5.13. The molecule has 0 spiro atoms. The van der Waals surface area contributed by atoms with Crippen LogP contribution in [0.1, 0.15) is 9.88 Å². The van der Waals surface area contributed by atoms with Crippen LogP contribution in [0, 0.1) is 6.92 Å². The zero-order valence-corrected chi connectivity index (χ0v) is 14.6. The molecule has 122 valence electrons. The van der Waals surface area contributed by atoms with Crippen LogP contribution in [0.25, 0.3) is 0 Å². The molecule has 1 rings (SSSR count). The number of hydrogen-bond acceptors (Lipinski definition) is 4. The second-order valence-corrected chi connectivity index (χ2v) is 6.45. The fourth-order valence-electron chi connectivity index (χ4n) is 1.65. The summed E-state index contributed by atoms with van der Waals surface area (Å²) >= 11 is 1.71. The van der Waals surface area contributed by atoms with Crippen molar-refractivity contribution >= 4 is 23.2 Å². The molecule has 0 radical (unpaired) electrons. The molecule has 1 N–H and O–H groups in total. The first-order valence-electron chi connectivity index (χ1n) is 7.15. The van der Waals surface area contributed by atoms with E-state index in [1.807, 2.05) is 18.1 Å². The zero-order valence-electron chi connectivity index (χ0n) is 13.8. The van der Waals surface area contributed by atoms with Crippen LogP contribution in [-0.4, -0.2) is 67.4 Å². The van der Waals surface area contributed by atoms with Gasteiger partial charge in [0.05, 0.1) is 5.01 Å². The third-order valence-corrected chi connectivity index (χ3v) is 3.93. The van der Waals surface area contributed by atoms with Crippen LogP contribution in [0.5, 0.6) is 0 Å². The monoisotopic (exact) mass is 323 g/mol. The Morgan fingerprint density at radius 2 is 2.23 bits per heavy atom. The molecule has 6 nitrogen and oxygen atoms in total. The first-order chi connectivity index (χ1) is 10.4. The largest absolute Gasteiger partial charge is 0.353 e. The molecule has 1 heterocycles. The molecule has 0 unspecified atom stereocenters. The van der Waals surface area contributed by atoms with E-state index >= 15 is 0 Å². The molecule has 0 fully saturated rings. The van der Waals surface area contributed by atoms with Crippen molar-refractivity contribution in [3.05, 3.63) is 28.7 Å². The summed E-state index contributed by atoms with van der Waals surface area (Å²) in [5.41, 5.74) is 0. The Balaban J connectivity index is 2.62. The van der Waals surface area contributed by atoms with Crippen molar-refractivity contribution in [2.75, 3.05) is 40.8 Å². The van der Waals surface area contributed by atoms with E-state index in [1.165, 1.54) is 9.78 Å². The van der Waals surface area contributed by atoms with Crippen molar-refractivity contribution < 1.29 is 4.79 Å². The number of amides is 1. The van der Waals surface area contributed by atoms with Crippen LogP contribution in [0.2, 0.25) is 0 Å². The van der Waals surface area contributed by atoms with Gasteiger partial charge in [-0.2, -0.15) is 0 Å². The molecule has 0 saturated carbocycles. The van der Waals surface area contributed by atoms with Crippen molar-refractivity contribution in [2.45, 2.75) is 13.3 Å². The summed E-state index contributed by atoms with van der Waals surface area (Å²) in [6.45, 7) is 7.27. The molecule has 0 bridgehead atoms. The first-order valence-corrected chi connectivity index (χ1v) is 7.97. The van der Waals surface area contributed by atoms with Gasteiger partial charge in [-0.05, 0) is 6.92 Å². The quantitative estimate of drug-likeness (QED) is 0.464. The fourth-order valence-corrected chi connectivity index (χ4v) is 2.42. The van der Waals surface area contributed by atoms with Crippen LogP contribution in [0.15, 0.2) is 23.8 Å². The number of carbonyl (C=O) groups is 1. The molecule has 1 aromatic heterocycles. The second kappa shape index (κ2) is 9.19. The molecule has 0 aliphatic carbocycles. The van der Waals surface area contributed by atoms with E-state index in [0.29, 0.717) is 12.5 Å². The third kappa shape index (κ3) is 6.26. The minimum absolute atomic E-state index is 0.0261. The summed E-state index contributed by atoms with van der Waals surface area (Å²) in [5.74, 6) is 0.672. The number of hydrogen-bond donors (Lipinski definition) is 1. The van der Waals surface area contributed by atoms with E-state index in [9.17, 15) is 4.79 Å². The predicted molar refractivity (Wildman–Crippen MR) is 92.4 cm³/mol. The van der Waals surface area contributed by atoms with Crippen LogP contribution in [0.4, 0.5) is 0 Å². The molecule has 0 aliphatic heterocycles. The lowest BCUT2D eigenvalue weighted by atomic mass is 10.4. The standard InChI is InChI=1S/C15H25N5OS/c1-6-8-16-15(18-11-14(21)19(3)4)20(5)9-7-13-17-10-12(2)22-13/h6,10H,1,7-9,11H2,2-5H3,(H,16,18). The van der Waals surface area contributed by atoms with E-state index in [4.69, 9.17) is 0 Å². The Bertz CT molecular complexity index is 524. The lowest BCUT2D eigenvalue weighted by Gasteiger charge is -2.21. The summed E-state index contributed by atoms with van der Waals surface area (Å²) in [6, 6.07) is 0. The van der Waals surface area contributed by atoms with Gasteiger partial charge in [0.1, 0.15) is 6.54 Å². The number of aliphatic imine (C=N–C) groups is 1. The molecule has 0 aromatic carbocycles. The van der Waals surface area contributed by atoms with Gasteiger partial charge in [-0.1, -0.05) is 6.08 Å². The van der Waals surface area contributed by atoms with E-state index in [1.54, 1.807) is 31.5 Å². The van der Waals surface area contributed by atoms with Gasteiger partial charge in [0.2, 0.25) is 5.91 Å². The molecule has 0 aliphatic rings. The Labute approximate surface area is 136 Å². The van der Waals surface area contributed by atoms with Gasteiger partial charge in [0.25, 0.3) is 0 Å². The van der Waals surface area contributed by atoms with Gasteiger partial charge < -0.3 is 15.1 Å². The fraction of sp³-hybridized carbons (Fsp3) is 0.533. The number of nitrogens with zero attached hydrogens (tertiary/aromatic N) is 4. The highest BCUT2D eigenvalue weighted by atomic mass is 32.1. The van der Waals surface area contributed by atoms with E-state index in [-0.39, 0.29) is 12.5 Å². The smallest absolute Gasteiger partial charge is 0.243 e. The molecular formula is C15H25N5OS. The average molecular weight is 323 g/mol. The maximum atomic E-state index is 11.7. The van der Waals surface area contributed by atoms with E-state index in [2.05, 4.69) is 28.8 Å². The number of carbonyl (C=O) groups excluding carboxylic acids is 1. The van der Waals surface area contributed by atoms with E-state index < -0.39 is 0 Å². The maximum absolute atomic E-state index is 11.7. The van der Waals surface area contributed by atoms with Crippen LogP contribution in [-0.2, 0) is 11.2 Å². The number of aromatic nitrogens is 1. The summed E-state index contributed by atoms with van der Waals surface area (Å²) in [4.78, 5) is 25.2. The highest BCUT2D eigenvalue weighted by Crippen LogP contribution is 2.11. The zero-order chi connectivity index (χ0) is 16.5. The lowest BCUT2D eigenvalue weighted by molar-refractivity contribution is -0.127. The Morgan fingerprint density at radius 3 is 2.77 bits per heavy atom. The lowest BCUT2D eigenvalue weighted by Crippen LogP contribution is -2.41. The van der Waals surface area contributed by atoms with Gasteiger partial charge in [-0.25, -0.2) is 9.98 Å². The molecule has 0 saturated heterocycles. The Kier molecular flexibility index (Phi) is 7.59. The summed E-state index contributed by atoms with van der Waals surface area (Å²) in [5, 5.41) is 4.28. The SMILES string of the molecule is C=CCNC(=NCC(=O)N(C)C)N(C)CCc1ncc(C)s1. The van der Waals surface area contributed by atoms with Gasteiger partial charge in [0, 0.05) is 51.7 Å². The van der Waals surface area contributed by atoms with Gasteiger partial charge in [0.15, 0.2) is 5.96 Å². The van der Waals surface area contributed by atoms with E-state index in [0.717, 1.165) is 18.0 Å².